The van der Waals surface area contributed by atoms with E-state index >= 15 is 0 Å². The molecule has 0 N–H and O–H groups in total. The van der Waals surface area contributed by atoms with Gasteiger partial charge in [-0.1, -0.05) is 20.8 Å². The average molecular weight is 199 g/mol. The zero-order chi connectivity index (χ0) is 10.7. The number of aryl methyl sites for hydroxylation is 1. The summed E-state index contributed by atoms with van der Waals surface area (Å²) in [6.07, 6.45) is -0.123. The van der Waals surface area contributed by atoms with Crippen LogP contribution in [0.2, 0.25) is 0 Å². The fraction of sp³-hybridized carbons (Fsp3) is 0.545. The molecule has 0 unspecified atom stereocenters. The standard InChI is InChI=1S/C11H15F2N/c1-4-8-5-10(11(12)13)14-6-9(8)7(2)3/h5-7,11H,4H2,1-3H3. The minimum Gasteiger partial charge on any atom is -0.255 e. The van der Waals surface area contributed by atoms with E-state index in [2.05, 4.69) is 4.98 Å². The van der Waals surface area contributed by atoms with Crippen LogP contribution in [0.5, 0.6) is 0 Å². The number of halogens is 2. The van der Waals surface area contributed by atoms with Crippen molar-refractivity contribution >= 4 is 0 Å². The lowest BCUT2D eigenvalue weighted by Crippen LogP contribution is -2.00. The van der Waals surface area contributed by atoms with E-state index in [1.807, 2.05) is 20.8 Å². The number of hydrogen-bond acceptors (Lipinski definition) is 1. The summed E-state index contributed by atoms with van der Waals surface area (Å²) in [5, 5.41) is 0. The zero-order valence-corrected chi connectivity index (χ0v) is 8.72. The minimum atomic E-state index is -2.47. The van der Waals surface area contributed by atoms with Gasteiger partial charge in [-0.2, -0.15) is 0 Å². The first-order chi connectivity index (χ1) is 6.56. The summed E-state index contributed by atoms with van der Waals surface area (Å²) >= 11 is 0. The monoisotopic (exact) mass is 199 g/mol. The highest BCUT2D eigenvalue weighted by Gasteiger charge is 2.12. The lowest BCUT2D eigenvalue weighted by molar-refractivity contribution is 0.146. The second kappa shape index (κ2) is 4.49. The fourth-order valence-corrected chi connectivity index (χ4v) is 1.47. The van der Waals surface area contributed by atoms with Gasteiger partial charge in [0.25, 0.3) is 6.43 Å². The van der Waals surface area contributed by atoms with E-state index in [4.69, 9.17) is 0 Å². The Kier molecular flexibility index (Phi) is 3.55. The third kappa shape index (κ3) is 2.28. The van der Waals surface area contributed by atoms with Crippen LogP contribution in [0.25, 0.3) is 0 Å². The summed E-state index contributed by atoms with van der Waals surface area (Å²) in [5.41, 5.74) is 1.92. The Hall–Kier alpha value is -0.990. The molecule has 1 nitrogen and oxygen atoms in total. The highest BCUT2D eigenvalue weighted by Crippen LogP contribution is 2.23. The van der Waals surface area contributed by atoms with E-state index in [1.54, 1.807) is 6.20 Å². The predicted molar refractivity (Wildman–Crippen MR) is 52.7 cm³/mol. The molecule has 0 atom stereocenters. The maximum atomic E-state index is 12.4. The third-order valence-electron chi connectivity index (χ3n) is 2.27. The van der Waals surface area contributed by atoms with Gasteiger partial charge in [0.2, 0.25) is 0 Å². The van der Waals surface area contributed by atoms with Gasteiger partial charge >= 0.3 is 0 Å². The molecule has 0 aromatic carbocycles. The van der Waals surface area contributed by atoms with Gasteiger partial charge in [-0.25, -0.2) is 8.78 Å². The Balaban J connectivity index is 3.11. The quantitative estimate of drug-likeness (QED) is 0.723. The maximum Gasteiger partial charge on any atom is 0.280 e. The first-order valence-electron chi connectivity index (χ1n) is 4.83. The van der Waals surface area contributed by atoms with E-state index in [0.717, 1.165) is 17.5 Å². The summed E-state index contributed by atoms with van der Waals surface area (Å²) in [6.45, 7) is 6.05. The largest absolute Gasteiger partial charge is 0.280 e. The molecule has 0 radical (unpaired) electrons. The van der Waals surface area contributed by atoms with Crippen molar-refractivity contribution in [1.82, 2.24) is 4.98 Å². The van der Waals surface area contributed by atoms with Crippen molar-refractivity contribution in [3.05, 3.63) is 29.1 Å². The van der Waals surface area contributed by atoms with Crippen LogP contribution >= 0.6 is 0 Å². The van der Waals surface area contributed by atoms with Crippen LogP contribution in [0.3, 0.4) is 0 Å². The van der Waals surface area contributed by atoms with Crippen LogP contribution in [0, 0.1) is 0 Å². The summed E-state index contributed by atoms with van der Waals surface area (Å²) in [4.78, 5) is 3.76. The Labute approximate surface area is 83.2 Å². The average Bonchev–Trinajstić information content (AvgIpc) is 2.16. The van der Waals surface area contributed by atoms with E-state index in [9.17, 15) is 8.78 Å². The Morgan fingerprint density at radius 3 is 2.43 bits per heavy atom. The molecule has 0 saturated heterocycles. The minimum absolute atomic E-state index is 0.119. The van der Waals surface area contributed by atoms with Crippen molar-refractivity contribution in [2.45, 2.75) is 39.5 Å². The highest BCUT2D eigenvalue weighted by atomic mass is 19.3. The number of pyridine rings is 1. The van der Waals surface area contributed by atoms with Gasteiger partial charge in [0, 0.05) is 6.20 Å². The van der Waals surface area contributed by atoms with Crippen LogP contribution in [0.15, 0.2) is 12.3 Å². The van der Waals surface area contributed by atoms with Crippen LogP contribution < -0.4 is 0 Å². The molecule has 0 aliphatic carbocycles. The summed E-state index contributed by atoms with van der Waals surface area (Å²) in [7, 11) is 0. The molecular formula is C11H15F2N. The first-order valence-corrected chi connectivity index (χ1v) is 4.83. The van der Waals surface area contributed by atoms with Gasteiger partial charge in [0.1, 0.15) is 5.69 Å². The molecule has 0 aliphatic heterocycles. The SMILES string of the molecule is CCc1cc(C(F)F)ncc1C(C)C. The molecule has 78 valence electrons. The molecule has 0 bridgehead atoms. The third-order valence-corrected chi connectivity index (χ3v) is 2.27. The maximum absolute atomic E-state index is 12.4. The van der Waals surface area contributed by atoms with Crippen molar-refractivity contribution in [3.63, 3.8) is 0 Å². The van der Waals surface area contributed by atoms with Crippen LogP contribution in [0.1, 0.15) is 49.9 Å². The molecule has 1 heterocycles. The molecule has 0 fully saturated rings. The van der Waals surface area contributed by atoms with Crippen molar-refractivity contribution < 1.29 is 8.78 Å². The van der Waals surface area contributed by atoms with E-state index in [-0.39, 0.29) is 5.69 Å². The molecule has 3 heteroatoms. The molecule has 14 heavy (non-hydrogen) atoms. The lowest BCUT2D eigenvalue weighted by Gasteiger charge is -2.12. The topological polar surface area (TPSA) is 12.9 Å². The molecular weight excluding hydrogens is 184 g/mol. The number of aromatic nitrogens is 1. The lowest BCUT2D eigenvalue weighted by atomic mass is 9.97. The predicted octanol–water partition coefficient (Wildman–Crippen LogP) is 3.71. The van der Waals surface area contributed by atoms with Crippen molar-refractivity contribution in [2.24, 2.45) is 0 Å². The van der Waals surface area contributed by atoms with Crippen molar-refractivity contribution in [1.29, 1.82) is 0 Å². The Morgan fingerprint density at radius 1 is 1.36 bits per heavy atom. The van der Waals surface area contributed by atoms with Gasteiger partial charge < -0.3 is 0 Å². The highest BCUT2D eigenvalue weighted by molar-refractivity contribution is 5.29. The van der Waals surface area contributed by atoms with E-state index in [0.29, 0.717) is 5.92 Å². The molecule has 1 aromatic heterocycles. The smallest absolute Gasteiger partial charge is 0.255 e. The van der Waals surface area contributed by atoms with Crippen LogP contribution in [-0.2, 0) is 6.42 Å². The normalized spacial score (nSPS) is 11.4. The number of rotatable bonds is 3. The van der Waals surface area contributed by atoms with E-state index < -0.39 is 6.43 Å². The molecule has 0 amide bonds. The molecule has 0 spiro atoms. The number of nitrogens with zero attached hydrogens (tertiary/aromatic N) is 1. The molecule has 1 rings (SSSR count). The first kappa shape index (κ1) is 11.1. The van der Waals surface area contributed by atoms with Crippen molar-refractivity contribution in [3.8, 4) is 0 Å². The molecule has 1 aromatic rings. The number of hydrogen-bond donors (Lipinski definition) is 0. The molecule has 0 saturated carbocycles. The summed E-state index contributed by atoms with van der Waals surface area (Å²) in [5.74, 6) is 0.337. The molecule has 0 aliphatic rings. The fourth-order valence-electron chi connectivity index (χ4n) is 1.47. The second-order valence-electron chi connectivity index (χ2n) is 3.62. The Bertz CT molecular complexity index is 308. The van der Waals surface area contributed by atoms with Crippen LogP contribution in [0.4, 0.5) is 8.78 Å². The van der Waals surface area contributed by atoms with E-state index in [1.165, 1.54) is 6.07 Å². The summed E-state index contributed by atoms with van der Waals surface area (Å²) < 4.78 is 24.7. The van der Waals surface area contributed by atoms with Gasteiger partial charge in [-0.3, -0.25) is 4.98 Å². The van der Waals surface area contributed by atoms with Gasteiger partial charge in [-0.15, -0.1) is 0 Å². The number of alkyl halides is 2. The van der Waals surface area contributed by atoms with Crippen molar-refractivity contribution in [2.75, 3.05) is 0 Å². The van der Waals surface area contributed by atoms with Gasteiger partial charge in [-0.05, 0) is 29.5 Å². The van der Waals surface area contributed by atoms with Crippen LogP contribution in [-0.4, -0.2) is 4.98 Å². The zero-order valence-electron chi connectivity index (χ0n) is 8.72. The second-order valence-corrected chi connectivity index (χ2v) is 3.62. The van der Waals surface area contributed by atoms with Gasteiger partial charge in [0.15, 0.2) is 0 Å². The van der Waals surface area contributed by atoms with Gasteiger partial charge in [0.05, 0.1) is 0 Å². The Morgan fingerprint density at radius 2 is 2.00 bits per heavy atom. The summed E-state index contributed by atoms with van der Waals surface area (Å²) in [6, 6.07) is 1.51.